The molecule has 6 aromatic rings. The molecule has 2 aromatic heterocycles. The fourth-order valence-electron chi connectivity index (χ4n) is 5.93. The molecule has 0 saturated carbocycles. The Morgan fingerprint density at radius 1 is 0.760 bits per heavy atom. The number of hydrogen-bond acceptors (Lipinski definition) is 8. The minimum Gasteiger partial charge on any atom is -0.318 e. The molecule has 0 bridgehead atoms. The molecule has 1 aliphatic rings. The normalized spacial score (nSPS) is 13.8. The van der Waals surface area contributed by atoms with Gasteiger partial charge in [0.05, 0.1) is 42.2 Å². The molecule has 0 saturated heterocycles. The lowest BCUT2D eigenvalue weighted by molar-refractivity contribution is -0.137. The number of nitrogens with zero attached hydrogens (tertiary/aromatic N) is 4. The molecule has 50 heavy (non-hydrogen) atoms. The summed E-state index contributed by atoms with van der Waals surface area (Å²) in [5.74, 6) is -0.952. The first kappa shape index (κ1) is 33.4. The molecular weight excluding hydrogens is 702 g/mol. The molecule has 1 amide bonds. The van der Waals surface area contributed by atoms with Gasteiger partial charge in [-0.2, -0.15) is 13.2 Å². The summed E-state index contributed by atoms with van der Waals surface area (Å²) in [6.45, 7) is 4.79. The molecule has 0 unspecified atom stereocenters. The van der Waals surface area contributed by atoms with Crippen molar-refractivity contribution in [2.45, 2.75) is 31.8 Å². The van der Waals surface area contributed by atoms with E-state index >= 15 is 0 Å². The number of hydrogen-bond donors (Lipinski definition) is 0. The van der Waals surface area contributed by atoms with E-state index in [1.54, 1.807) is 28.7 Å². The predicted molar refractivity (Wildman–Crippen MR) is 193 cm³/mol. The van der Waals surface area contributed by atoms with Gasteiger partial charge in [-0.15, -0.1) is 22.7 Å². The topological polar surface area (TPSA) is 83.5 Å². The first-order valence-electron chi connectivity index (χ1n) is 15.3. The molecule has 0 aliphatic carbocycles. The third-order valence-electron chi connectivity index (χ3n) is 8.05. The highest BCUT2D eigenvalue weighted by molar-refractivity contribution is 7.93. The zero-order valence-electron chi connectivity index (χ0n) is 26.8. The monoisotopic (exact) mass is 728 g/mol. The van der Waals surface area contributed by atoms with Crippen LogP contribution in [0.1, 0.15) is 36.3 Å². The van der Waals surface area contributed by atoms with E-state index in [2.05, 4.69) is 0 Å². The second-order valence-electron chi connectivity index (χ2n) is 11.5. The number of fused-ring (bicyclic) bond motifs is 2. The number of carbonyl (C=O) groups is 1. The highest BCUT2D eigenvalue weighted by Gasteiger charge is 2.34. The number of rotatable bonds is 6. The molecule has 0 atom stereocenters. The minimum absolute atomic E-state index is 0.255. The molecule has 0 N–H and O–H groups in total. The lowest BCUT2D eigenvalue weighted by atomic mass is 10.0. The van der Waals surface area contributed by atoms with E-state index in [9.17, 15) is 26.4 Å². The molecule has 3 heterocycles. The van der Waals surface area contributed by atoms with E-state index in [4.69, 9.17) is 9.97 Å². The third-order valence-corrected chi connectivity index (χ3v) is 12.0. The van der Waals surface area contributed by atoms with Gasteiger partial charge in [-0.1, -0.05) is 36.4 Å². The zero-order valence-corrected chi connectivity index (χ0v) is 29.2. The van der Waals surface area contributed by atoms with E-state index < -0.39 is 33.4 Å². The second kappa shape index (κ2) is 12.7. The number of alkyl halides is 3. The van der Waals surface area contributed by atoms with Crippen molar-refractivity contribution in [2.24, 2.45) is 0 Å². The molecular formula is C37H27F3N4O3S3. The summed E-state index contributed by atoms with van der Waals surface area (Å²) in [7, 11) is -4.61. The second-order valence-corrected chi connectivity index (χ2v) is 15.4. The van der Waals surface area contributed by atoms with Crippen LogP contribution in [0.15, 0.2) is 131 Å². The molecule has 7 rings (SSSR count). The Hall–Kier alpha value is -5.11. The lowest BCUT2D eigenvalue weighted by Gasteiger charge is -2.31. The quantitative estimate of drug-likeness (QED) is 0.170. The van der Waals surface area contributed by atoms with Crippen LogP contribution in [-0.2, 0) is 21.0 Å². The van der Waals surface area contributed by atoms with Gasteiger partial charge in [0.25, 0.3) is 10.0 Å². The van der Waals surface area contributed by atoms with Crippen LogP contribution in [0.3, 0.4) is 0 Å². The summed E-state index contributed by atoms with van der Waals surface area (Å²) in [4.78, 5) is 24.2. The van der Waals surface area contributed by atoms with Gasteiger partial charge in [-0.3, -0.25) is 4.79 Å². The lowest BCUT2D eigenvalue weighted by Crippen LogP contribution is -2.35. The number of halogens is 3. The maximum Gasteiger partial charge on any atom is 0.416 e. The third kappa shape index (κ3) is 6.12. The van der Waals surface area contributed by atoms with Gasteiger partial charge in [-0.05, 0) is 92.2 Å². The number of allylic oxidation sites excluding steroid dienone is 5. The van der Waals surface area contributed by atoms with Crippen molar-refractivity contribution in [2.75, 3.05) is 9.21 Å². The molecule has 4 aromatic carbocycles. The smallest absolute Gasteiger partial charge is 0.318 e. The summed E-state index contributed by atoms with van der Waals surface area (Å²) in [6, 6.07) is 25.5. The average Bonchev–Trinajstić information content (AvgIpc) is 3.68. The van der Waals surface area contributed by atoms with Gasteiger partial charge in [0, 0.05) is 24.0 Å². The van der Waals surface area contributed by atoms with Gasteiger partial charge in [0.1, 0.15) is 10.0 Å². The van der Waals surface area contributed by atoms with Crippen molar-refractivity contribution in [3.05, 3.63) is 142 Å². The van der Waals surface area contributed by atoms with Crippen molar-refractivity contribution in [3.8, 4) is 0 Å². The van der Waals surface area contributed by atoms with E-state index in [0.717, 1.165) is 78.1 Å². The van der Waals surface area contributed by atoms with Crippen molar-refractivity contribution >= 4 is 76.0 Å². The van der Waals surface area contributed by atoms with Crippen molar-refractivity contribution < 1.29 is 26.4 Å². The number of benzene rings is 4. The van der Waals surface area contributed by atoms with Crippen molar-refractivity contribution in [1.29, 1.82) is 0 Å². The maximum absolute atomic E-state index is 13.9. The highest BCUT2D eigenvalue weighted by atomic mass is 32.2. The Kier molecular flexibility index (Phi) is 8.45. The molecule has 13 heteroatoms. The fourth-order valence-corrected chi connectivity index (χ4v) is 9.53. The van der Waals surface area contributed by atoms with Crippen molar-refractivity contribution in [3.63, 3.8) is 0 Å². The maximum atomic E-state index is 13.9. The highest BCUT2D eigenvalue weighted by Crippen LogP contribution is 2.41. The molecule has 0 radical (unpaired) electrons. The van der Waals surface area contributed by atoms with E-state index in [-0.39, 0.29) is 4.90 Å². The average molecular weight is 729 g/mol. The number of sulfonamides is 1. The Balaban J connectivity index is 1.31. The Morgan fingerprint density at radius 2 is 1.32 bits per heavy atom. The number of aromatic nitrogens is 2. The SMILES string of the molecule is CC(=O)N(c1cccc(C(F)(F)F)c1)S(=O)(=O)c1cccc(N2C(C)=CC(=C(c3nc4ccccc4s3)c3nc4ccccc4s3)C=C2C)c1. The summed E-state index contributed by atoms with van der Waals surface area (Å²) in [6.07, 6.45) is -0.740. The van der Waals surface area contributed by atoms with Gasteiger partial charge in [0.15, 0.2) is 0 Å². The van der Waals surface area contributed by atoms with Gasteiger partial charge in [-0.25, -0.2) is 22.7 Å². The number of anilines is 2. The molecule has 1 aliphatic heterocycles. The molecule has 7 nitrogen and oxygen atoms in total. The molecule has 0 spiro atoms. The summed E-state index contributed by atoms with van der Waals surface area (Å²) < 4.78 is 70.7. The molecule has 0 fully saturated rings. The van der Waals surface area contributed by atoms with Crippen LogP contribution >= 0.6 is 22.7 Å². The van der Waals surface area contributed by atoms with E-state index in [1.807, 2.05) is 79.4 Å². The predicted octanol–water partition coefficient (Wildman–Crippen LogP) is 9.80. The van der Waals surface area contributed by atoms with Crippen LogP contribution in [-0.4, -0.2) is 24.3 Å². The van der Waals surface area contributed by atoms with Gasteiger partial charge >= 0.3 is 6.18 Å². The fraction of sp³-hybridized carbons (Fsp3) is 0.108. The Labute approximate surface area is 294 Å². The van der Waals surface area contributed by atoms with Crippen LogP contribution in [0, 0.1) is 0 Å². The standard InChI is InChI=1S/C37H27F3N4O3S3/c1-22-18-25(34(35-41-30-14-4-6-16-32(30)48-35)36-42-31-15-5-7-17-33(31)49-36)19-23(2)43(22)27-11-9-13-29(21-27)50(46,47)44(24(3)45)28-12-8-10-26(20-28)37(38,39)40/h4-21H,1-3H3. The van der Waals surface area contributed by atoms with Crippen LogP contribution in [0.25, 0.3) is 26.0 Å². The summed E-state index contributed by atoms with van der Waals surface area (Å²) in [5, 5.41) is 1.63. The number of thiazole rings is 2. The molecule has 252 valence electrons. The van der Waals surface area contributed by atoms with Crippen LogP contribution in [0.5, 0.6) is 0 Å². The van der Waals surface area contributed by atoms with E-state index in [1.165, 1.54) is 18.2 Å². The Bertz CT molecular complexity index is 2370. The van der Waals surface area contributed by atoms with Gasteiger partial charge in [0.2, 0.25) is 5.91 Å². The summed E-state index contributed by atoms with van der Waals surface area (Å²) >= 11 is 3.16. The van der Waals surface area contributed by atoms with E-state index in [0.29, 0.717) is 16.1 Å². The first-order valence-corrected chi connectivity index (χ1v) is 18.3. The largest absolute Gasteiger partial charge is 0.416 e. The zero-order chi connectivity index (χ0) is 35.4. The number of amides is 1. The van der Waals surface area contributed by atoms with Crippen molar-refractivity contribution in [1.82, 2.24) is 9.97 Å². The van der Waals surface area contributed by atoms with Crippen LogP contribution in [0.4, 0.5) is 24.5 Å². The minimum atomic E-state index is -4.72. The number of para-hydroxylation sites is 2. The number of carbonyl (C=O) groups excluding carboxylic acids is 1. The van der Waals surface area contributed by atoms with Crippen LogP contribution in [0.2, 0.25) is 0 Å². The first-order chi connectivity index (χ1) is 23.8. The van der Waals surface area contributed by atoms with Gasteiger partial charge < -0.3 is 4.90 Å². The van der Waals surface area contributed by atoms with Crippen LogP contribution < -0.4 is 9.21 Å². The summed E-state index contributed by atoms with van der Waals surface area (Å²) in [5.41, 5.74) is 4.08. The Morgan fingerprint density at radius 3 is 1.86 bits per heavy atom.